The molecule has 8 nitrogen and oxygen atoms in total. The van der Waals surface area contributed by atoms with E-state index in [9.17, 15) is 25.2 Å². The van der Waals surface area contributed by atoms with E-state index in [-0.39, 0.29) is 22.6 Å². The van der Waals surface area contributed by atoms with Gasteiger partial charge in [0.2, 0.25) is 0 Å². The molecule has 4 N–H and O–H groups in total. The second-order valence-electron chi connectivity index (χ2n) is 8.18. The van der Waals surface area contributed by atoms with Gasteiger partial charge in [0.1, 0.15) is 16.7 Å². The van der Waals surface area contributed by atoms with Crippen molar-refractivity contribution >= 4 is 29.2 Å². The number of esters is 1. The molecule has 2 rings (SSSR count). The quantitative estimate of drug-likeness (QED) is 0.487. The summed E-state index contributed by atoms with van der Waals surface area (Å²) in [6, 6.07) is 0. The molecule has 1 heterocycles. The first-order valence-electron chi connectivity index (χ1n) is 9.58. The standard InChI is InChI=1S/C20H28Cl2O8/c1-6-9-11(15(25)13(22)16(26)12(9)21)18(27)29-17-8(2)28-19(30-20(3,4)5)10(7-23)14(17)24/h8,10,14,17,19,23-26H,6-7H2,1-5H3/t8-,10+,14-,17-,19?/m0/s1. The van der Waals surface area contributed by atoms with E-state index >= 15 is 0 Å². The summed E-state index contributed by atoms with van der Waals surface area (Å²) in [4.78, 5) is 12.9. The first-order chi connectivity index (χ1) is 13.8. The molecule has 0 aliphatic carbocycles. The van der Waals surface area contributed by atoms with Crippen LogP contribution in [0.5, 0.6) is 11.5 Å². The largest absolute Gasteiger partial charge is 0.505 e. The zero-order valence-corrected chi connectivity index (χ0v) is 19.0. The number of benzene rings is 1. The van der Waals surface area contributed by atoms with Gasteiger partial charge in [-0.3, -0.25) is 0 Å². The number of hydrogen-bond donors (Lipinski definition) is 4. The van der Waals surface area contributed by atoms with Crippen LogP contribution in [-0.2, 0) is 20.6 Å². The smallest absolute Gasteiger partial charge is 0.342 e. The van der Waals surface area contributed by atoms with Gasteiger partial charge in [0.05, 0.1) is 29.3 Å². The summed E-state index contributed by atoms with van der Waals surface area (Å²) in [5.74, 6) is -3.09. The summed E-state index contributed by atoms with van der Waals surface area (Å²) in [6.45, 7) is 8.21. The number of rotatable bonds is 5. The van der Waals surface area contributed by atoms with Crippen LogP contribution < -0.4 is 0 Å². The van der Waals surface area contributed by atoms with Crippen molar-refractivity contribution in [3.63, 3.8) is 0 Å². The predicted octanol–water partition coefficient (Wildman–Crippen LogP) is 3.02. The van der Waals surface area contributed by atoms with Crippen LogP contribution in [0.4, 0.5) is 0 Å². The van der Waals surface area contributed by atoms with Crippen molar-refractivity contribution in [3.05, 3.63) is 21.2 Å². The van der Waals surface area contributed by atoms with Gasteiger partial charge in [0, 0.05) is 0 Å². The highest BCUT2D eigenvalue weighted by Gasteiger charge is 2.47. The molecule has 0 spiro atoms. The van der Waals surface area contributed by atoms with Gasteiger partial charge in [-0.2, -0.15) is 0 Å². The molecule has 0 saturated carbocycles. The highest BCUT2D eigenvalue weighted by molar-refractivity contribution is 6.39. The van der Waals surface area contributed by atoms with Crippen LogP contribution >= 0.6 is 23.2 Å². The molecule has 1 aromatic carbocycles. The van der Waals surface area contributed by atoms with E-state index in [1.54, 1.807) is 34.6 Å². The Morgan fingerprint density at radius 3 is 2.27 bits per heavy atom. The normalized spacial score (nSPS) is 27.2. The molecular formula is C20H28Cl2O8. The summed E-state index contributed by atoms with van der Waals surface area (Å²) in [7, 11) is 0. The highest BCUT2D eigenvalue weighted by atomic mass is 35.5. The molecule has 170 valence electrons. The number of phenols is 2. The van der Waals surface area contributed by atoms with Gasteiger partial charge in [-0.1, -0.05) is 30.1 Å². The van der Waals surface area contributed by atoms with Gasteiger partial charge in [-0.25, -0.2) is 4.79 Å². The topological polar surface area (TPSA) is 126 Å². The highest BCUT2D eigenvalue weighted by Crippen LogP contribution is 2.45. The molecule has 0 bridgehead atoms. The maximum Gasteiger partial charge on any atom is 0.342 e. The third kappa shape index (κ3) is 4.95. The fourth-order valence-electron chi connectivity index (χ4n) is 3.34. The van der Waals surface area contributed by atoms with Crippen molar-refractivity contribution in [2.75, 3.05) is 6.61 Å². The summed E-state index contributed by atoms with van der Waals surface area (Å²) in [6.07, 6.45) is -3.96. The van der Waals surface area contributed by atoms with Gasteiger partial charge in [0.25, 0.3) is 0 Å². The van der Waals surface area contributed by atoms with Crippen molar-refractivity contribution < 1.29 is 39.4 Å². The third-order valence-electron chi connectivity index (χ3n) is 4.84. The third-order valence-corrected chi connectivity index (χ3v) is 5.61. The lowest BCUT2D eigenvalue weighted by Crippen LogP contribution is -2.57. The molecule has 1 saturated heterocycles. The lowest BCUT2D eigenvalue weighted by atomic mass is 9.91. The van der Waals surface area contributed by atoms with Gasteiger partial charge in [-0.05, 0) is 39.7 Å². The van der Waals surface area contributed by atoms with Crippen molar-refractivity contribution in [2.24, 2.45) is 5.92 Å². The Hall–Kier alpha value is -1.29. The molecule has 1 aliphatic heterocycles. The number of aliphatic hydroxyl groups excluding tert-OH is 2. The molecule has 0 radical (unpaired) electrons. The second kappa shape index (κ2) is 9.46. The van der Waals surface area contributed by atoms with E-state index in [0.717, 1.165) is 0 Å². The van der Waals surface area contributed by atoms with Crippen LogP contribution in [-0.4, -0.2) is 63.2 Å². The van der Waals surface area contributed by atoms with E-state index in [1.165, 1.54) is 0 Å². The summed E-state index contributed by atoms with van der Waals surface area (Å²) in [5.41, 5.74) is -0.756. The molecular weight excluding hydrogens is 439 g/mol. The molecule has 1 aromatic rings. The molecule has 0 amide bonds. The minimum atomic E-state index is -1.30. The minimum Gasteiger partial charge on any atom is -0.505 e. The Balaban J connectivity index is 2.34. The maximum atomic E-state index is 12.9. The maximum absolute atomic E-state index is 12.9. The number of aromatic hydroxyl groups is 2. The molecule has 1 unspecified atom stereocenters. The monoisotopic (exact) mass is 466 g/mol. The van der Waals surface area contributed by atoms with E-state index in [4.69, 9.17) is 37.4 Å². The number of aliphatic hydroxyl groups is 2. The van der Waals surface area contributed by atoms with Crippen molar-refractivity contribution in [1.29, 1.82) is 0 Å². The van der Waals surface area contributed by atoms with E-state index in [2.05, 4.69) is 0 Å². The number of carbonyl (C=O) groups excluding carboxylic acids is 1. The molecule has 30 heavy (non-hydrogen) atoms. The number of ether oxygens (including phenoxy) is 3. The van der Waals surface area contributed by atoms with Crippen LogP contribution in [0.2, 0.25) is 10.0 Å². The van der Waals surface area contributed by atoms with Gasteiger partial charge in [0.15, 0.2) is 23.9 Å². The Labute approximate surface area is 185 Å². The van der Waals surface area contributed by atoms with Crippen molar-refractivity contribution in [2.45, 2.75) is 71.2 Å². The average Bonchev–Trinajstić information content (AvgIpc) is 2.64. The predicted molar refractivity (Wildman–Crippen MR) is 110 cm³/mol. The molecule has 10 heteroatoms. The molecule has 1 fully saturated rings. The van der Waals surface area contributed by atoms with Crippen LogP contribution in [0.1, 0.15) is 50.5 Å². The Kier molecular flexibility index (Phi) is 7.88. The molecule has 5 atom stereocenters. The first-order valence-corrected chi connectivity index (χ1v) is 10.3. The zero-order chi connectivity index (χ0) is 23.0. The van der Waals surface area contributed by atoms with Crippen LogP contribution in [0.15, 0.2) is 0 Å². The van der Waals surface area contributed by atoms with E-state index in [0.29, 0.717) is 0 Å². The van der Waals surface area contributed by atoms with Gasteiger partial charge < -0.3 is 34.6 Å². The Morgan fingerprint density at radius 2 is 1.77 bits per heavy atom. The lowest BCUT2D eigenvalue weighted by molar-refractivity contribution is -0.303. The number of carbonyl (C=O) groups is 1. The van der Waals surface area contributed by atoms with Gasteiger partial charge in [-0.15, -0.1) is 0 Å². The molecule has 1 aliphatic rings. The summed E-state index contributed by atoms with van der Waals surface area (Å²) in [5, 5.41) is 40.1. The number of hydrogen-bond acceptors (Lipinski definition) is 8. The van der Waals surface area contributed by atoms with Crippen LogP contribution in [0, 0.1) is 5.92 Å². The minimum absolute atomic E-state index is 0.146. The van der Waals surface area contributed by atoms with E-state index in [1.807, 2.05) is 0 Å². The van der Waals surface area contributed by atoms with Crippen molar-refractivity contribution in [3.8, 4) is 11.5 Å². The second-order valence-corrected chi connectivity index (χ2v) is 8.93. The number of phenolic OH excluding ortho intramolecular Hbond substituents is 2. The fraction of sp³-hybridized carbons (Fsp3) is 0.650. The number of halogens is 2. The average molecular weight is 467 g/mol. The Bertz CT molecular complexity index is 792. The summed E-state index contributed by atoms with van der Waals surface area (Å²) >= 11 is 11.9. The van der Waals surface area contributed by atoms with E-state index < -0.39 is 65.2 Å². The van der Waals surface area contributed by atoms with Crippen LogP contribution in [0.3, 0.4) is 0 Å². The van der Waals surface area contributed by atoms with Crippen molar-refractivity contribution in [1.82, 2.24) is 0 Å². The fourth-order valence-corrected chi connectivity index (χ4v) is 3.90. The zero-order valence-electron chi connectivity index (χ0n) is 17.5. The first kappa shape index (κ1) is 25.0. The Morgan fingerprint density at radius 1 is 1.17 bits per heavy atom. The summed E-state index contributed by atoms with van der Waals surface area (Å²) < 4.78 is 17.0. The van der Waals surface area contributed by atoms with Gasteiger partial charge >= 0.3 is 5.97 Å². The van der Waals surface area contributed by atoms with Crippen LogP contribution in [0.25, 0.3) is 0 Å². The molecule has 0 aromatic heterocycles. The SMILES string of the molecule is CCc1c(Cl)c(O)c(Cl)c(O)c1C(=O)O[C@@H]1[C@@H](O)[C@@H](CO)C(OC(C)(C)C)O[C@H]1C. The lowest BCUT2D eigenvalue weighted by Gasteiger charge is -2.44.